The van der Waals surface area contributed by atoms with E-state index < -0.39 is 28.2 Å². The highest BCUT2D eigenvalue weighted by Gasteiger charge is 2.55. The highest BCUT2D eigenvalue weighted by molar-refractivity contribution is 6.25. The Labute approximate surface area is 151 Å². The van der Waals surface area contributed by atoms with Gasteiger partial charge in [0, 0.05) is 17.7 Å². The molecular formula is C18H12FN3O5. The fourth-order valence-corrected chi connectivity index (χ4v) is 3.09. The van der Waals surface area contributed by atoms with E-state index in [0.29, 0.717) is 11.3 Å². The van der Waals surface area contributed by atoms with E-state index in [1.165, 1.54) is 36.4 Å². The van der Waals surface area contributed by atoms with E-state index in [0.717, 1.165) is 17.0 Å². The topological polar surface area (TPSA) is 102 Å². The molecule has 0 aromatic heterocycles. The zero-order valence-corrected chi connectivity index (χ0v) is 13.7. The van der Waals surface area contributed by atoms with Crippen molar-refractivity contribution < 1.29 is 23.7 Å². The van der Waals surface area contributed by atoms with E-state index >= 15 is 0 Å². The zero-order chi connectivity index (χ0) is 19.2. The summed E-state index contributed by atoms with van der Waals surface area (Å²) in [5, 5.41) is 10.9. The van der Waals surface area contributed by atoms with E-state index in [1.54, 1.807) is 6.07 Å². The summed E-state index contributed by atoms with van der Waals surface area (Å²) in [7, 11) is 0. The number of benzene rings is 2. The number of nitro benzene ring substituents is 1. The lowest BCUT2D eigenvalue weighted by atomic mass is 9.99. The minimum atomic E-state index is -1.55. The number of rotatable bonds is 3. The highest BCUT2D eigenvalue weighted by atomic mass is 19.1. The summed E-state index contributed by atoms with van der Waals surface area (Å²) in [6, 6.07) is 10.8. The number of nitrogens with zero attached hydrogens (tertiary/aromatic N) is 2. The fraction of sp³-hybridized carbons (Fsp3) is 0.111. The van der Waals surface area contributed by atoms with Gasteiger partial charge in [-0.05, 0) is 30.3 Å². The summed E-state index contributed by atoms with van der Waals surface area (Å²) in [5.74, 6) is -1.60. The van der Waals surface area contributed by atoms with Gasteiger partial charge in [-0.1, -0.05) is 12.1 Å². The molecule has 1 atom stereocenters. The van der Waals surface area contributed by atoms with Crippen molar-refractivity contribution in [1.29, 1.82) is 0 Å². The first kappa shape index (κ1) is 16.9. The van der Waals surface area contributed by atoms with E-state index in [-0.39, 0.29) is 17.8 Å². The number of carbonyl (C=O) groups excluding carboxylic acids is 2. The Morgan fingerprint density at radius 1 is 1.19 bits per heavy atom. The third-order valence-electron chi connectivity index (χ3n) is 4.40. The van der Waals surface area contributed by atoms with Crippen molar-refractivity contribution in [1.82, 2.24) is 5.48 Å². The van der Waals surface area contributed by atoms with Crippen LogP contribution in [0.25, 0.3) is 5.70 Å². The summed E-state index contributed by atoms with van der Waals surface area (Å²) in [6.07, 6.45) is 1.20. The van der Waals surface area contributed by atoms with Crippen LogP contribution in [0.3, 0.4) is 0 Å². The fourth-order valence-electron chi connectivity index (χ4n) is 3.09. The molecule has 2 heterocycles. The Hall–Kier alpha value is -3.59. The number of carbonyl (C=O) groups is 2. The van der Waals surface area contributed by atoms with E-state index in [2.05, 4.69) is 5.48 Å². The summed E-state index contributed by atoms with van der Waals surface area (Å²) in [6.45, 7) is 0. The Balaban J connectivity index is 1.68. The largest absolute Gasteiger partial charge is 0.274 e. The second-order valence-corrected chi connectivity index (χ2v) is 6.15. The quantitative estimate of drug-likeness (QED) is 0.506. The average Bonchev–Trinajstić information content (AvgIpc) is 3.18. The molecule has 2 amide bonds. The first-order valence-electron chi connectivity index (χ1n) is 7.94. The number of imide groups is 1. The maximum Gasteiger partial charge on any atom is 0.273 e. The number of nitrogens with one attached hydrogen (secondary N) is 1. The minimum absolute atomic E-state index is 0.113. The molecule has 2 aliphatic rings. The van der Waals surface area contributed by atoms with Crippen LogP contribution in [-0.2, 0) is 14.4 Å². The maximum absolute atomic E-state index is 13.1. The summed E-state index contributed by atoms with van der Waals surface area (Å²) in [5.41, 5.74) is 1.95. The Morgan fingerprint density at radius 2 is 1.93 bits per heavy atom. The Morgan fingerprint density at radius 3 is 2.63 bits per heavy atom. The molecule has 9 heteroatoms. The lowest BCUT2D eigenvalue weighted by Crippen LogP contribution is -2.40. The second-order valence-electron chi connectivity index (χ2n) is 6.15. The molecule has 8 nitrogen and oxygen atoms in total. The summed E-state index contributed by atoms with van der Waals surface area (Å²) < 4.78 is 13.1. The van der Waals surface area contributed by atoms with Gasteiger partial charge in [0.15, 0.2) is 0 Å². The smallest absolute Gasteiger partial charge is 0.273 e. The van der Waals surface area contributed by atoms with Crippen LogP contribution in [0.15, 0.2) is 54.6 Å². The summed E-state index contributed by atoms with van der Waals surface area (Å²) >= 11 is 0. The van der Waals surface area contributed by atoms with Crippen molar-refractivity contribution in [2.24, 2.45) is 0 Å². The highest BCUT2D eigenvalue weighted by Crippen LogP contribution is 2.38. The predicted octanol–water partition coefficient (Wildman–Crippen LogP) is 2.31. The van der Waals surface area contributed by atoms with Crippen molar-refractivity contribution in [2.45, 2.75) is 12.0 Å². The van der Waals surface area contributed by atoms with E-state index in [9.17, 15) is 24.1 Å². The van der Waals surface area contributed by atoms with Gasteiger partial charge in [0.25, 0.3) is 11.6 Å². The monoisotopic (exact) mass is 369 g/mol. The Bertz CT molecular complexity index is 1000. The number of anilines is 1. The van der Waals surface area contributed by atoms with Gasteiger partial charge in [0.2, 0.25) is 11.5 Å². The van der Waals surface area contributed by atoms with Crippen LogP contribution in [0.5, 0.6) is 0 Å². The lowest BCUT2D eigenvalue weighted by Gasteiger charge is -2.18. The molecule has 1 saturated heterocycles. The van der Waals surface area contributed by atoms with Crippen LogP contribution in [0.4, 0.5) is 15.8 Å². The third kappa shape index (κ3) is 2.74. The summed E-state index contributed by atoms with van der Waals surface area (Å²) in [4.78, 5) is 42.0. The molecule has 4 rings (SSSR count). The number of halogens is 1. The lowest BCUT2D eigenvalue weighted by molar-refractivity contribution is -0.384. The molecule has 1 spiro atoms. The minimum Gasteiger partial charge on any atom is -0.274 e. The molecule has 2 aromatic carbocycles. The Kier molecular flexibility index (Phi) is 3.74. The standard InChI is InChI=1S/C18H12FN3O5/c19-12-4-6-13(7-5-12)21-16(23)10-18(17(21)24)9-15(20-27-18)11-2-1-3-14(8-11)22(25)26/h1-9,20H,10H2/t18-/m1/s1. The number of nitro groups is 1. The van der Waals surface area contributed by atoms with Crippen molar-refractivity contribution in [2.75, 3.05) is 4.90 Å². The van der Waals surface area contributed by atoms with Crippen LogP contribution >= 0.6 is 0 Å². The number of amides is 2. The van der Waals surface area contributed by atoms with E-state index in [1.807, 2.05) is 0 Å². The number of hydrogen-bond donors (Lipinski definition) is 1. The first-order chi connectivity index (χ1) is 12.9. The van der Waals surface area contributed by atoms with Crippen molar-refractivity contribution in [3.8, 4) is 0 Å². The molecule has 27 heavy (non-hydrogen) atoms. The van der Waals surface area contributed by atoms with Crippen LogP contribution in [0.2, 0.25) is 0 Å². The van der Waals surface area contributed by atoms with E-state index in [4.69, 9.17) is 4.84 Å². The molecule has 2 aromatic rings. The van der Waals surface area contributed by atoms with Crippen LogP contribution in [0.1, 0.15) is 12.0 Å². The number of non-ortho nitro benzene ring substituents is 1. The van der Waals surface area contributed by atoms with Crippen LogP contribution in [0, 0.1) is 15.9 Å². The molecule has 0 bridgehead atoms. The van der Waals surface area contributed by atoms with Gasteiger partial charge in [-0.15, -0.1) is 0 Å². The molecule has 0 unspecified atom stereocenters. The van der Waals surface area contributed by atoms with Crippen molar-refractivity contribution in [3.05, 3.63) is 76.1 Å². The number of hydrogen-bond acceptors (Lipinski definition) is 6. The molecule has 2 aliphatic heterocycles. The van der Waals surface area contributed by atoms with Crippen molar-refractivity contribution >= 4 is 28.9 Å². The van der Waals surface area contributed by atoms with Gasteiger partial charge in [-0.2, -0.15) is 0 Å². The van der Waals surface area contributed by atoms with Gasteiger partial charge < -0.3 is 0 Å². The molecular weight excluding hydrogens is 357 g/mol. The third-order valence-corrected chi connectivity index (χ3v) is 4.40. The van der Waals surface area contributed by atoms with Gasteiger partial charge >= 0.3 is 0 Å². The molecule has 1 N–H and O–H groups in total. The van der Waals surface area contributed by atoms with Gasteiger partial charge in [-0.3, -0.25) is 30.0 Å². The molecule has 0 aliphatic carbocycles. The molecule has 0 radical (unpaired) electrons. The van der Waals surface area contributed by atoms with Crippen LogP contribution < -0.4 is 10.4 Å². The molecule has 136 valence electrons. The predicted molar refractivity (Wildman–Crippen MR) is 91.5 cm³/mol. The molecule has 1 fully saturated rings. The second kappa shape index (κ2) is 5.99. The van der Waals surface area contributed by atoms with Gasteiger partial charge in [0.05, 0.1) is 22.7 Å². The van der Waals surface area contributed by atoms with Crippen molar-refractivity contribution in [3.63, 3.8) is 0 Å². The van der Waals surface area contributed by atoms with Gasteiger partial charge in [-0.25, -0.2) is 9.29 Å². The zero-order valence-electron chi connectivity index (χ0n) is 13.7. The normalized spacial score (nSPS) is 21.5. The first-order valence-corrected chi connectivity index (χ1v) is 7.94. The average molecular weight is 369 g/mol. The maximum atomic E-state index is 13.1. The van der Waals surface area contributed by atoms with Gasteiger partial charge in [0.1, 0.15) is 5.82 Å². The van der Waals surface area contributed by atoms with Crippen LogP contribution in [-0.4, -0.2) is 22.3 Å². The SMILES string of the molecule is O=C1C[C@]2(C=C(c3cccc([N+](=O)[O-])c3)NO2)C(=O)N1c1ccc(F)cc1. The molecule has 0 saturated carbocycles. The number of hydroxylamine groups is 1.